The third-order valence-electron chi connectivity index (χ3n) is 4.07. The van der Waals surface area contributed by atoms with Crippen LogP contribution in [0.4, 0.5) is 0 Å². The number of phenolic OH excluding ortho intramolecular Hbond substituents is 1. The third-order valence-corrected chi connectivity index (χ3v) is 4.07. The molecular formula is C20H17ClO9. The van der Waals surface area contributed by atoms with Gasteiger partial charge in [0.2, 0.25) is 6.79 Å². The second-order valence-corrected chi connectivity index (χ2v) is 6.91. The lowest BCUT2D eigenvalue weighted by Crippen LogP contribution is -2.68. The average Bonchev–Trinajstić information content (AvgIpc) is 3.11. The maximum atomic E-state index is 9.69. The van der Waals surface area contributed by atoms with Crippen LogP contribution >= 0.6 is 0 Å². The molecule has 2 heterocycles. The Morgan fingerprint density at radius 3 is 2.37 bits per heavy atom. The highest BCUT2D eigenvalue weighted by molar-refractivity contribution is 5.93. The molecule has 0 amide bonds. The van der Waals surface area contributed by atoms with E-state index in [1.54, 1.807) is 18.2 Å². The van der Waals surface area contributed by atoms with Crippen LogP contribution in [0.25, 0.3) is 22.9 Å². The zero-order valence-electron chi connectivity index (χ0n) is 15.9. The Bertz CT molecular complexity index is 1080. The van der Waals surface area contributed by atoms with Gasteiger partial charge in [-0.15, -0.1) is 10.2 Å². The first-order valence-electron chi connectivity index (χ1n) is 8.48. The van der Waals surface area contributed by atoms with E-state index in [-0.39, 0.29) is 12.5 Å². The Morgan fingerprint density at radius 1 is 1.03 bits per heavy atom. The predicted molar refractivity (Wildman–Crippen MR) is 95.1 cm³/mol. The fraction of sp³-hybridized carbons (Fsp3) is 0.150. The van der Waals surface area contributed by atoms with Crippen molar-refractivity contribution in [3.8, 4) is 23.0 Å². The van der Waals surface area contributed by atoms with Crippen LogP contribution in [0, 0.1) is 17.2 Å². The van der Waals surface area contributed by atoms with Crippen LogP contribution < -0.4 is 32.8 Å². The second-order valence-electron chi connectivity index (χ2n) is 6.16. The molecule has 0 unspecified atom stereocenters. The summed E-state index contributed by atoms with van der Waals surface area (Å²) in [5.41, 5.74) is 0.889. The van der Waals surface area contributed by atoms with E-state index in [1.165, 1.54) is 7.11 Å². The van der Waals surface area contributed by atoms with Crippen molar-refractivity contribution >= 4 is 22.9 Å². The van der Waals surface area contributed by atoms with Gasteiger partial charge >= 0.3 is 11.5 Å². The Hall–Kier alpha value is -3.08. The number of rotatable bonds is 3. The summed E-state index contributed by atoms with van der Waals surface area (Å²) in [5.74, 6) is 3.52. The zero-order chi connectivity index (χ0) is 21.9. The van der Waals surface area contributed by atoms with Crippen molar-refractivity contribution in [3.63, 3.8) is 0 Å². The molecule has 1 aliphatic heterocycles. The number of fused-ring (bicyclic) bond motifs is 2. The fourth-order valence-electron chi connectivity index (χ4n) is 2.86. The largest absolute Gasteiger partial charge is 0.504 e. The van der Waals surface area contributed by atoms with E-state index in [4.69, 9.17) is 37.3 Å². The standard InChI is InChI=1S/C20H16O5.ClHO4/c1-12-7-14-9-19-20(24-11-23-19)10-15(14)17(25-12)6-4-13-3-5-16(21)18(8-13)22-2;2-1(3,4)5/h3-10H,11H2,1-2H3;(H,2,3,4,5). The summed E-state index contributed by atoms with van der Waals surface area (Å²) < 4.78 is 55.9. The lowest BCUT2D eigenvalue weighted by atomic mass is 10.1. The number of ether oxygens (including phenoxy) is 3. The maximum absolute atomic E-state index is 9.69. The molecule has 3 aromatic rings. The van der Waals surface area contributed by atoms with Crippen LogP contribution in [0.15, 0.2) is 40.8 Å². The van der Waals surface area contributed by atoms with Crippen molar-refractivity contribution in [2.45, 2.75) is 6.92 Å². The lowest BCUT2D eigenvalue weighted by molar-refractivity contribution is -2.00. The Kier molecular flexibility index (Phi) is 6.30. The first-order chi connectivity index (χ1) is 14.1. The number of phenols is 1. The fourth-order valence-corrected chi connectivity index (χ4v) is 2.86. The molecular weight excluding hydrogens is 420 g/mol. The van der Waals surface area contributed by atoms with Crippen LogP contribution in [-0.4, -0.2) is 19.0 Å². The zero-order valence-corrected chi connectivity index (χ0v) is 16.7. The lowest BCUT2D eigenvalue weighted by Gasteiger charge is -2.17. The molecule has 30 heavy (non-hydrogen) atoms. The Balaban J connectivity index is 0.000000461. The first kappa shape index (κ1) is 21.6. The highest BCUT2D eigenvalue weighted by Gasteiger charge is 2.20. The molecule has 9 nitrogen and oxygen atoms in total. The minimum Gasteiger partial charge on any atom is -0.504 e. The maximum Gasteiger partial charge on any atom is 0.360 e. The number of hydrogen-bond donors (Lipinski definition) is 1. The predicted octanol–water partition coefficient (Wildman–Crippen LogP) is -0.120. The molecule has 1 aromatic heterocycles. The molecule has 0 aliphatic carbocycles. The van der Waals surface area contributed by atoms with Gasteiger partial charge in [-0.3, -0.25) is 0 Å². The number of hydrogen-bond acceptors (Lipinski definition) is 8. The highest BCUT2D eigenvalue weighted by Crippen LogP contribution is 2.38. The molecule has 0 saturated heterocycles. The van der Waals surface area contributed by atoms with Crippen LogP contribution in [-0.2, 0) is 0 Å². The monoisotopic (exact) mass is 436 g/mol. The number of aryl methyl sites for hydroxylation is 1. The van der Waals surface area contributed by atoms with Gasteiger partial charge < -0.3 is 19.3 Å². The quantitative estimate of drug-likeness (QED) is 0.554. The summed E-state index contributed by atoms with van der Waals surface area (Å²) in [6.45, 7) is 2.14. The summed E-state index contributed by atoms with van der Waals surface area (Å²) in [5, 5.41) is 11.7. The van der Waals surface area contributed by atoms with Gasteiger partial charge in [-0.1, -0.05) is 6.07 Å². The number of methoxy groups -OCH3 is 1. The van der Waals surface area contributed by atoms with Crippen molar-refractivity contribution in [2.24, 2.45) is 0 Å². The number of halogens is 1. The smallest absolute Gasteiger partial charge is 0.360 e. The molecule has 4 rings (SSSR count). The van der Waals surface area contributed by atoms with Crippen LogP contribution in [0.3, 0.4) is 0 Å². The minimum atomic E-state index is -4.94. The average molecular weight is 437 g/mol. The molecule has 0 spiro atoms. The van der Waals surface area contributed by atoms with Gasteiger partial charge in [-0.05, 0) is 29.8 Å². The van der Waals surface area contributed by atoms with Gasteiger partial charge in [0.25, 0.3) is 0 Å². The van der Waals surface area contributed by atoms with Gasteiger partial charge in [0.15, 0.2) is 23.0 Å². The van der Waals surface area contributed by atoms with E-state index in [0.717, 1.165) is 33.6 Å². The van der Waals surface area contributed by atoms with Crippen LogP contribution in [0.5, 0.6) is 23.0 Å². The molecule has 2 aromatic carbocycles. The first-order valence-corrected chi connectivity index (χ1v) is 9.71. The van der Waals surface area contributed by atoms with Crippen molar-refractivity contribution in [1.82, 2.24) is 0 Å². The SMILES string of the molecule is COc1cc(C=Cc2[o+]c(C)cc3cc4c(cc23)OCO4)ccc1O.[O-][Cl+3]([O-])([O-])[O-]. The van der Waals surface area contributed by atoms with Crippen LogP contribution in [0.1, 0.15) is 17.1 Å². The molecule has 0 atom stereocenters. The third kappa shape index (κ3) is 5.50. The van der Waals surface area contributed by atoms with E-state index in [1.807, 2.05) is 37.3 Å². The van der Waals surface area contributed by atoms with E-state index in [0.29, 0.717) is 11.5 Å². The summed E-state index contributed by atoms with van der Waals surface area (Å²) in [6, 6.07) is 11.0. The highest BCUT2D eigenvalue weighted by atomic mass is 35.7. The number of benzene rings is 2. The van der Waals surface area contributed by atoms with Gasteiger partial charge in [-0.2, -0.15) is 0 Å². The summed E-state index contributed by atoms with van der Waals surface area (Å²) in [6.07, 6.45) is 3.80. The van der Waals surface area contributed by atoms with E-state index < -0.39 is 10.2 Å². The summed E-state index contributed by atoms with van der Waals surface area (Å²) >= 11 is 0. The molecule has 0 fully saturated rings. The van der Waals surface area contributed by atoms with Gasteiger partial charge in [0, 0.05) is 23.6 Å². The Morgan fingerprint density at radius 2 is 1.70 bits per heavy atom. The molecule has 1 aliphatic rings. The minimum absolute atomic E-state index is 0.109. The van der Waals surface area contributed by atoms with E-state index in [9.17, 15) is 5.11 Å². The van der Waals surface area contributed by atoms with Crippen molar-refractivity contribution in [2.75, 3.05) is 13.9 Å². The molecule has 10 heteroatoms. The van der Waals surface area contributed by atoms with Gasteiger partial charge in [0.1, 0.15) is 0 Å². The topological polar surface area (TPSA) is 151 Å². The second kappa shape index (κ2) is 8.74. The van der Waals surface area contributed by atoms with Gasteiger partial charge in [0.05, 0.1) is 19.4 Å². The summed E-state index contributed by atoms with van der Waals surface area (Å²) in [4.78, 5) is 0. The van der Waals surface area contributed by atoms with Crippen molar-refractivity contribution < 1.29 is 52.6 Å². The normalized spacial score (nSPS) is 12.7. The molecule has 0 radical (unpaired) electrons. The molecule has 1 N–H and O–H groups in total. The molecule has 0 saturated carbocycles. The van der Waals surface area contributed by atoms with Crippen LogP contribution in [0.2, 0.25) is 0 Å². The molecule has 0 bridgehead atoms. The summed E-state index contributed by atoms with van der Waals surface area (Å²) in [7, 11) is -3.42. The van der Waals surface area contributed by atoms with Gasteiger partial charge in [-0.25, -0.2) is 23.1 Å². The van der Waals surface area contributed by atoms with E-state index >= 15 is 0 Å². The van der Waals surface area contributed by atoms with Crippen molar-refractivity contribution in [1.29, 1.82) is 0 Å². The number of aromatic hydroxyl groups is 1. The van der Waals surface area contributed by atoms with E-state index in [2.05, 4.69) is 0 Å². The molecule has 158 valence electrons. The van der Waals surface area contributed by atoms with Crippen molar-refractivity contribution in [3.05, 3.63) is 53.5 Å². The Labute approximate surface area is 173 Å².